The summed E-state index contributed by atoms with van der Waals surface area (Å²) in [5.74, 6) is -0.0523. The molecule has 1 saturated heterocycles. The highest BCUT2D eigenvalue weighted by Crippen LogP contribution is 2.22. The summed E-state index contributed by atoms with van der Waals surface area (Å²) in [5, 5.41) is 0. The quantitative estimate of drug-likeness (QED) is 0.368. The molecule has 0 N–H and O–H groups in total. The van der Waals surface area contributed by atoms with Crippen molar-refractivity contribution in [1.29, 1.82) is 0 Å². The number of likely N-dealkylation sites (N-methyl/N-ethyl adjacent to an activating group) is 1. The molecular formula is C30H36N4O6S. The number of hydrogen-bond donors (Lipinski definition) is 0. The van der Waals surface area contributed by atoms with Crippen LogP contribution in [0.4, 0.5) is 10.5 Å². The number of nitrogens with zero attached hydrogens (tertiary/aromatic N) is 4. The summed E-state index contributed by atoms with van der Waals surface area (Å²) in [6.45, 7) is 7.72. The number of para-hydroxylation sites is 1. The first-order valence-electron chi connectivity index (χ1n) is 13.4. The normalized spacial score (nSPS) is 14.7. The number of amides is 2. The summed E-state index contributed by atoms with van der Waals surface area (Å²) in [7, 11) is -2.48. The first-order chi connectivity index (χ1) is 19.4. The summed E-state index contributed by atoms with van der Waals surface area (Å²) in [4.78, 5) is 35.9. The van der Waals surface area contributed by atoms with Gasteiger partial charge in [0.05, 0.1) is 0 Å². The van der Waals surface area contributed by atoms with Gasteiger partial charge in [0.15, 0.2) is 0 Å². The van der Waals surface area contributed by atoms with E-state index < -0.39 is 27.9 Å². The van der Waals surface area contributed by atoms with Gasteiger partial charge in [0.2, 0.25) is 5.91 Å². The summed E-state index contributed by atoms with van der Waals surface area (Å²) < 4.78 is 35.9. The molecule has 1 atom stereocenters. The predicted octanol–water partition coefficient (Wildman–Crippen LogP) is 3.98. The number of carbonyl (C=O) groups excluding carboxylic acids is 2. The van der Waals surface area contributed by atoms with Gasteiger partial charge in [0.25, 0.3) is 0 Å². The first-order valence-corrected chi connectivity index (χ1v) is 14.8. The Morgan fingerprint density at radius 3 is 2.20 bits per heavy atom. The summed E-state index contributed by atoms with van der Waals surface area (Å²) >= 11 is 0. The molecule has 0 unspecified atom stereocenters. The molecule has 4 rings (SSSR count). The molecule has 2 aromatic carbocycles. The Morgan fingerprint density at radius 2 is 1.61 bits per heavy atom. The second-order valence-electron chi connectivity index (χ2n) is 10.8. The lowest BCUT2D eigenvalue weighted by Gasteiger charge is -2.39. The molecular weight excluding hydrogens is 544 g/mol. The van der Waals surface area contributed by atoms with E-state index in [2.05, 4.69) is 9.88 Å². The smallest absolute Gasteiger partial charge is 0.410 e. The summed E-state index contributed by atoms with van der Waals surface area (Å²) in [5.41, 5.74) is 1.11. The third kappa shape index (κ3) is 7.97. The molecule has 11 heteroatoms. The fraction of sp³-hybridized carbons (Fsp3) is 0.367. The average molecular weight is 581 g/mol. The van der Waals surface area contributed by atoms with E-state index in [1.54, 1.807) is 44.9 Å². The van der Waals surface area contributed by atoms with Crippen molar-refractivity contribution in [3.63, 3.8) is 0 Å². The van der Waals surface area contributed by atoms with Crippen LogP contribution >= 0.6 is 0 Å². The zero-order valence-electron chi connectivity index (χ0n) is 23.8. The standard InChI is InChI=1S/C30H36N4O6S/c1-30(2,3)39-29(36)32(4)27(28(35)34-19-17-33(18-20-34)24-9-6-5-7-10-24)21-23-12-14-25(15-13-23)40-41(37,38)26-11-8-16-31-22-26/h5-16,22,27H,17-21H2,1-4H3/t27-/m0/s1. The number of piperazine rings is 1. The van der Waals surface area contributed by atoms with Gasteiger partial charge in [-0.3, -0.25) is 14.7 Å². The van der Waals surface area contributed by atoms with Crippen LogP contribution in [0.3, 0.4) is 0 Å². The molecule has 0 radical (unpaired) electrons. The van der Waals surface area contributed by atoms with Gasteiger partial charge in [-0.25, -0.2) is 4.79 Å². The van der Waals surface area contributed by atoms with Crippen molar-refractivity contribution in [2.24, 2.45) is 0 Å². The molecule has 218 valence electrons. The number of carbonyl (C=O) groups is 2. The van der Waals surface area contributed by atoms with E-state index in [-0.39, 0.29) is 23.0 Å². The van der Waals surface area contributed by atoms with Crippen molar-refractivity contribution in [2.45, 2.75) is 43.7 Å². The van der Waals surface area contributed by atoms with Gasteiger partial charge in [-0.15, -0.1) is 0 Å². The Bertz CT molecular complexity index is 1420. The van der Waals surface area contributed by atoms with E-state index in [4.69, 9.17) is 8.92 Å². The SMILES string of the molecule is CN(C(=O)OC(C)(C)C)[C@@H](Cc1ccc(OS(=O)(=O)c2cccnc2)cc1)C(=O)N1CCN(c2ccccc2)CC1. The van der Waals surface area contributed by atoms with E-state index >= 15 is 0 Å². The van der Waals surface area contributed by atoms with Crippen LogP contribution in [0.5, 0.6) is 5.75 Å². The molecule has 2 heterocycles. The number of pyridine rings is 1. The molecule has 0 saturated carbocycles. The van der Waals surface area contributed by atoms with Crippen molar-refractivity contribution in [1.82, 2.24) is 14.8 Å². The molecule has 0 spiro atoms. The second kappa shape index (κ2) is 12.6. The number of aromatic nitrogens is 1. The van der Waals surface area contributed by atoms with Crippen LogP contribution in [0.2, 0.25) is 0 Å². The summed E-state index contributed by atoms with van der Waals surface area (Å²) in [6, 6.07) is 18.6. The van der Waals surface area contributed by atoms with Crippen LogP contribution in [0.15, 0.2) is 84.0 Å². The van der Waals surface area contributed by atoms with Gasteiger partial charge in [-0.05, 0) is 62.7 Å². The van der Waals surface area contributed by atoms with E-state index in [1.807, 2.05) is 30.3 Å². The van der Waals surface area contributed by atoms with Crippen LogP contribution in [0.1, 0.15) is 26.3 Å². The Kier molecular flexibility index (Phi) is 9.17. The molecule has 3 aromatic rings. The highest BCUT2D eigenvalue weighted by molar-refractivity contribution is 7.87. The van der Waals surface area contributed by atoms with E-state index in [0.717, 1.165) is 11.3 Å². The van der Waals surface area contributed by atoms with Gasteiger partial charge in [0, 0.05) is 57.7 Å². The molecule has 41 heavy (non-hydrogen) atoms. The number of ether oxygens (including phenoxy) is 1. The molecule has 0 bridgehead atoms. The fourth-order valence-corrected chi connectivity index (χ4v) is 5.36. The Labute approximate surface area is 241 Å². The lowest BCUT2D eigenvalue weighted by atomic mass is 10.0. The second-order valence-corrected chi connectivity index (χ2v) is 12.4. The monoisotopic (exact) mass is 580 g/mol. The molecule has 1 aliphatic rings. The van der Waals surface area contributed by atoms with Crippen molar-refractivity contribution in [3.05, 3.63) is 84.7 Å². The molecule has 10 nitrogen and oxygen atoms in total. The van der Waals surface area contributed by atoms with Gasteiger partial charge in [0.1, 0.15) is 22.3 Å². The fourth-order valence-electron chi connectivity index (χ4n) is 4.46. The van der Waals surface area contributed by atoms with Crippen molar-refractivity contribution < 1.29 is 26.9 Å². The van der Waals surface area contributed by atoms with Crippen LogP contribution in [-0.2, 0) is 26.1 Å². The zero-order chi connectivity index (χ0) is 29.6. The molecule has 1 aliphatic heterocycles. The molecule has 0 aliphatic carbocycles. The van der Waals surface area contributed by atoms with Gasteiger partial charge >= 0.3 is 16.2 Å². The maximum absolute atomic E-state index is 13.8. The number of hydrogen-bond acceptors (Lipinski definition) is 8. The minimum absolute atomic E-state index is 0.0546. The maximum atomic E-state index is 13.8. The molecule has 1 aromatic heterocycles. The Morgan fingerprint density at radius 1 is 0.951 bits per heavy atom. The first kappa shape index (κ1) is 29.9. The van der Waals surface area contributed by atoms with Crippen LogP contribution in [0.25, 0.3) is 0 Å². The van der Waals surface area contributed by atoms with Crippen molar-refractivity contribution >= 4 is 27.8 Å². The highest BCUT2D eigenvalue weighted by Gasteiger charge is 2.34. The largest absolute Gasteiger partial charge is 0.444 e. The molecule has 2 amide bonds. The van der Waals surface area contributed by atoms with E-state index in [9.17, 15) is 18.0 Å². The number of anilines is 1. The van der Waals surface area contributed by atoms with E-state index in [1.165, 1.54) is 41.6 Å². The van der Waals surface area contributed by atoms with E-state index in [0.29, 0.717) is 26.2 Å². The molecule has 1 fully saturated rings. The summed E-state index contributed by atoms with van der Waals surface area (Å²) in [6.07, 6.45) is 2.30. The minimum atomic E-state index is -4.04. The van der Waals surface area contributed by atoms with Gasteiger partial charge in [-0.1, -0.05) is 30.3 Å². The Hall–Kier alpha value is -4.12. The van der Waals surface area contributed by atoms with Crippen LogP contribution < -0.4 is 9.08 Å². The zero-order valence-corrected chi connectivity index (χ0v) is 24.6. The maximum Gasteiger partial charge on any atom is 0.410 e. The predicted molar refractivity (Wildman–Crippen MR) is 155 cm³/mol. The Balaban J connectivity index is 1.48. The van der Waals surface area contributed by atoms with Gasteiger partial charge in [-0.2, -0.15) is 8.42 Å². The average Bonchev–Trinajstić information content (AvgIpc) is 2.96. The van der Waals surface area contributed by atoms with Crippen LogP contribution in [0, 0.1) is 0 Å². The third-order valence-corrected chi connectivity index (χ3v) is 7.86. The van der Waals surface area contributed by atoms with Gasteiger partial charge < -0.3 is 18.7 Å². The minimum Gasteiger partial charge on any atom is -0.444 e. The van der Waals surface area contributed by atoms with Crippen molar-refractivity contribution in [2.75, 3.05) is 38.1 Å². The third-order valence-electron chi connectivity index (χ3n) is 6.63. The van der Waals surface area contributed by atoms with Crippen LogP contribution in [-0.4, -0.2) is 80.1 Å². The number of rotatable bonds is 8. The van der Waals surface area contributed by atoms with Crippen molar-refractivity contribution in [3.8, 4) is 5.75 Å². The lowest BCUT2D eigenvalue weighted by Crippen LogP contribution is -2.56. The lowest BCUT2D eigenvalue weighted by molar-refractivity contribution is -0.136. The topological polar surface area (TPSA) is 109 Å². The highest BCUT2D eigenvalue weighted by atomic mass is 32.2. The number of benzene rings is 2.